The number of benzene rings is 1. The molecule has 2 N–H and O–H groups in total. The summed E-state index contributed by atoms with van der Waals surface area (Å²) >= 11 is 0. The summed E-state index contributed by atoms with van der Waals surface area (Å²) < 4.78 is 0. The SMILES string of the molecule is CC1CCCN(Cc2ccc(CNc3cccc(C(=O)O)n3)cc2)C1. The fourth-order valence-electron chi connectivity index (χ4n) is 3.30. The second kappa shape index (κ2) is 8.12. The third-order valence-corrected chi connectivity index (χ3v) is 4.61. The number of nitrogens with zero attached hydrogens (tertiary/aromatic N) is 2. The quantitative estimate of drug-likeness (QED) is 0.841. The highest BCUT2D eigenvalue weighted by atomic mass is 16.4. The van der Waals surface area contributed by atoms with E-state index in [4.69, 9.17) is 5.11 Å². The Morgan fingerprint density at radius 2 is 2.00 bits per heavy atom. The predicted molar refractivity (Wildman–Crippen MR) is 98.6 cm³/mol. The van der Waals surface area contributed by atoms with Crippen LogP contribution in [0.3, 0.4) is 0 Å². The molecule has 1 fully saturated rings. The van der Waals surface area contributed by atoms with Crippen LogP contribution in [-0.2, 0) is 13.1 Å². The molecular weight excluding hydrogens is 314 g/mol. The van der Waals surface area contributed by atoms with Crippen LogP contribution in [-0.4, -0.2) is 34.0 Å². The number of aromatic nitrogens is 1. The third-order valence-electron chi connectivity index (χ3n) is 4.61. The molecule has 2 heterocycles. The summed E-state index contributed by atoms with van der Waals surface area (Å²) in [6.07, 6.45) is 2.64. The molecule has 25 heavy (non-hydrogen) atoms. The Hall–Kier alpha value is -2.40. The van der Waals surface area contributed by atoms with E-state index in [0.717, 1.165) is 18.0 Å². The van der Waals surface area contributed by atoms with Gasteiger partial charge < -0.3 is 10.4 Å². The molecule has 0 amide bonds. The first kappa shape index (κ1) is 17.4. The van der Waals surface area contributed by atoms with Crippen LogP contribution >= 0.6 is 0 Å². The molecule has 132 valence electrons. The normalized spacial score (nSPS) is 18.0. The van der Waals surface area contributed by atoms with Crippen LogP contribution in [0.15, 0.2) is 42.5 Å². The molecule has 0 aliphatic carbocycles. The molecule has 0 saturated carbocycles. The average molecular weight is 339 g/mol. The molecule has 1 saturated heterocycles. The second-order valence-corrected chi connectivity index (χ2v) is 6.87. The molecule has 1 aliphatic heterocycles. The zero-order valence-corrected chi connectivity index (χ0v) is 14.6. The first-order valence-electron chi connectivity index (χ1n) is 8.84. The number of rotatable bonds is 6. The lowest BCUT2D eigenvalue weighted by molar-refractivity contribution is 0.0690. The van der Waals surface area contributed by atoms with E-state index in [1.165, 1.54) is 37.6 Å². The summed E-state index contributed by atoms with van der Waals surface area (Å²) in [5, 5.41) is 12.2. The van der Waals surface area contributed by atoms with Crippen molar-refractivity contribution in [3.05, 3.63) is 59.3 Å². The maximum absolute atomic E-state index is 11.0. The van der Waals surface area contributed by atoms with Crippen molar-refractivity contribution >= 4 is 11.8 Å². The number of carbonyl (C=O) groups is 1. The Kier molecular flexibility index (Phi) is 5.66. The van der Waals surface area contributed by atoms with E-state index in [0.29, 0.717) is 12.4 Å². The first-order valence-corrected chi connectivity index (χ1v) is 8.84. The molecule has 1 aromatic heterocycles. The number of pyridine rings is 1. The molecule has 1 unspecified atom stereocenters. The largest absolute Gasteiger partial charge is 0.477 e. The number of carboxylic acid groups (broad SMARTS) is 1. The number of piperidine rings is 1. The Labute approximate surface area is 148 Å². The summed E-state index contributed by atoms with van der Waals surface area (Å²) in [7, 11) is 0. The lowest BCUT2D eigenvalue weighted by Gasteiger charge is -2.30. The van der Waals surface area contributed by atoms with Crippen molar-refractivity contribution in [2.45, 2.75) is 32.9 Å². The molecule has 5 nitrogen and oxygen atoms in total. The zero-order chi connectivity index (χ0) is 17.6. The van der Waals surface area contributed by atoms with E-state index < -0.39 is 5.97 Å². The Morgan fingerprint density at radius 1 is 1.24 bits per heavy atom. The summed E-state index contributed by atoms with van der Waals surface area (Å²) in [5.41, 5.74) is 2.54. The van der Waals surface area contributed by atoms with E-state index in [9.17, 15) is 4.79 Å². The standard InChI is InChI=1S/C20H25N3O2/c1-15-4-3-11-23(13-15)14-17-9-7-16(8-10-17)12-21-19-6-2-5-18(22-19)20(24)25/h2,5-10,15H,3-4,11-14H2,1H3,(H,21,22)(H,24,25). The number of hydrogen-bond acceptors (Lipinski definition) is 4. The maximum atomic E-state index is 11.0. The number of anilines is 1. The van der Waals surface area contributed by atoms with Crippen molar-refractivity contribution in [1.82, 2.24) is 9.88 Å². The van der Waals surface area contributed by atoms with Gasteiger partial charge in [0.1, 0.15) is 5.82 Å². The van der Waals surface area contributed by atoms with E-state index in [-0.39, 0.29) is 5.69 Å². The van der Waals surface area contributed by atoms with Gasteiger partial charge in [-0.1, -0.05) is 37.3 Å². The lowest BCUT2D eigenvalue weighted by Crippen LogP contribution is -2.33. The average Bonchev–Trinajstić information content (AvgIpc) is 2.61. The van der Waals surface area contributed by atoms with Crippen LogP contribution in [0.5, 0.6) is 0 Å². The first-order chi connectivity index (χ1) is 12.1. The smallest absolute Gasteiger partial charge is 0.354 e. The highest BCUT2D eigenvalue weighted by molar-refractivity contribution is 5.85. The van der Waals surface area contributed by atoms with Crippen molar-refractivity contribution in [2.24, 2.45) is 5.92 Å². The van der Waals surface area contributed by atoms with Gasteiger partial charge in [0, 0.05) is 19.6 Å². The fraction of sp³-hybridized carbons (Fsp3) is 0.400. The number of aromatic carboxylic acids is 1. The molecule has 1 aliphatic rings. The van der Waals surface area contributed by atoms with E-state index >= 15 is 0 Å². The summed E-state index contributed by atoms with van der Waals surface area (Å²) in [6.45, 7) is 6.35. The number of nitrogens with one attached hydrogen (secondary N) is 1. The molecule has 0 spiro atoms. The molecule has 0 bridgehead atoms. The predicted octanol–water partition coefficient (Wildman–Crippen LogP) is 3.62. The minimum absolute atomic E-state index is 0.0520. The minimum Gasteiger partial charge on any atom is -0.477 e. The lowest BCUT2D eigenvalue weighted by atomic mass is 9.99. The van der Waals surface area contributed by atoms with Gasteiger partial charge in [0.05, 0.1) is 0 Å². The Morgan fingerprint density at radius 3 is 2.72 bits per heavy atom. The van der Waals surface area contributed by atoms with Crippen molar-refractivity contribution in [3.8, 4) is 0 Å². The molecular formula is C20H25N3O2. The summed E-state index contributed by atoms with van der Waals surface area (Å²) in [5.74, 6) is 0.359. The van der Waals surface area contributed by atoms with Gasteiger partial charge in [-0.25, -0.2) is 9.78 Å². The fourth-order valence-corrected chi connectivity index (χ4v) is 3.30. The van der Waals surface area contributed by atoms with Gasteiger partial charge in [0.15, 0.2) is 5.69 Å². The monoisotopic (exact) mass is 339 g/mol. The van der Waals surface area contributed by atoms with Crippen molar-refractivity contribution in [2.75, 3.05) is 18.4 Å². The number of likely N-dealkylation sites (tertiary alicyclic amines) is 1. The molecule has 0 radical (unpaired) electrons. The van der Waals surface area contributed by atoms with Gasteiger partial charge in [0.25, 0.3) is 0 Å². The van der Waals surface area contributed by atoms with Crippen LogP contribution in [0.2, 0.25) is 0 Å². The van der Waals surface area contributed by atoms with Crippen LogP contribution in [0.25, 0.3) is 0 Å². The highest BCUT2D eigenvalue weighted by Crippen LogP contribution is 2.18. The van der Waals surface area contributed by atoms with Gasteiger partial charge in [-0.05, 0) is 48.6 Å². The van der Waals surface area contributed by atoms with E-state index in [1.807, 2.05) is 0 Å². The van der Waals surface area contributed by atoms with E-state index in [1.54, 1.807) is 12.1 Å². The number of hydrogen-bond donors (Lipinski definition) is 2. The molecule has 5 heteroatoms. The van der Waals surface area contributed by atoms with Crippen LogP contribution in [0, 0.1) is 5.92 Å². The van der Waals surface area contributed by atoms with Gasteiger partial charge in [-0.15, -0.1) is 0 Å². The van der Waals surface area contributed by atoms with Crippen LogP contribution < -0.4 is 5.32 Å². The van der Waals surface area contributed by atoms with Crippen LogP contribution in [0.4, 0.5) is 5.82 Å². The third kappa shape index (κ3) is 5.03. The van der Waals surface area contributed by atoms with Gasteiger partial charge >= 0.3 is 5.97 Å². The summed E-state index contributed by atoms with van der Waals surface area (Å²) in [4.78, 5) is 17.6. The van der Waals surface area contributed by atoms with Gasteiger partial charge in [-0.3, -0.25) is 4.90 Å². The minimum atomic E-state index is -1.01. The molecule has 1 atom stereocenters. The molecule has 2 aromatic rings. The van der Waals surface area contributed by atoms with Crippen molar-refractivity contribution in [3.63, 3.8) is 0 Å². The Balaban J connectivity index is 1.54. The molecule has 3 rings (SSSR count). The highest BCUT2D eigenvalue weighted by Gasteiger charge is 2.16. The van der Waals surface area contributed by atoms with Crippen LogP contribution in [0.1, 0.15) is 41.4 Å². The Bertz CT molecular complexity index is 715. The van der Waals surface area contributed by atoms with E-state index in [2.05, 4.69) is 46.4 Å². The van der Waals surface area contributed by atoms with Gasteiger partial charge in [0.2, 0.25) is 0 Å². The molecule has 1 aromatic carbocycles. The zero-order valence-electron chi connectivity index (χ0n) is 14.6. The van der Waals surface area contributed by atoms with Crippen molar-refractivity contribution < 1.29 is 9.90 Å². The number of carboxylic acids is 1. The summed E-state index contributed by atoms with van der Waals surface area (Å²) in [6, 6.07) is 13.6. The van der Waals surface area contributed by atoms with Gasteiger partial charge in [-0.2, -0.15) is 0 Å². The topological polar surface area (TPSA) is 65.5 Å². The second-order valence-electron chi connectivity index (χ2n) is 6.87. The van der Waals surface area contributed by atoms with Crippen molar-refractivity contribution in [1.29, 1.82) is 0 Å². The maximum Gasteiger partial charge on any atom is 0.354 e.